The van der Waals surface area contributed by atoms with E-state index in [0.717, 1.165) is 10.7 Å². The summed E-state index contributed by atoms with van der Waals surface area (Å²) in [5, 5.41) is 3.93. The molecule has 1 fully saturated rings. The molecule has 7 nitrogen and oxygen atoms in total. The number of aromatic amines is 2. The zero-order chi connectivity index (χ0) is 18.8. The Bertz CT molecular complexity index is 1150. The van der Waals surface area contributed by atoms with Crippen LogP contribution in [0.25, 0.3) is 16.9 Å². The molecule has 26 heavy (non-hydrogen) atoms. The van der Waals surface area contributed by atoms with Crippen LogP contribution in [0.2, 0.25) is 10.3 Å². The SMILES string of the molecule is O=c1[nH]cc(-c2cc(C3CC3C(F)(F)F)c3nc(Cl)c(Cl)n3n2)c(=O)[nH]1. The van der Waals surface area contributed by atoms with Gasteiger partial charge in [0, 0.05) is 11.8 Å². The fourth-order valence-corrected chi connectivity index (χ4v) is 3.22. The minimum absolute atomic E-state index is 0.0298. The van der Waals surface area contributed by atoms with Crippen molar-refractivity contribution in [1.29, 1.82) is 0 Å². The summed E-state index contributed by atoms with van der Waals surface area (Å²) in [5.41, 5.74) is -1.12. The Kier molecular flexibility index (Phi) is 3.67. The highest BCUT2D eigenvalue weighted by Gasteiger charge is 2.57. The first kappa shape index (κ1) is 17.1. The summed E-state index contributed by atoms with van der Waals surface area (Å²) < 4.78 is 40.1. The average Bonchev–Trinajstić information content (AvgIpc) is 3.30. The Balaban J connectivity index is 1.95. The molecule has 2 N–H and O–H groups in total. The van der Waals surface area contributed by atoms with Gasteiger partial charge in [-0.05, 0) is 18.4 Å². The molecule has 0 amide bonds. The first-order chi connectivity index (χ1) is 12.2. The van der Waals surface area contributed by atoms with Crippen LogP contribution in [0.15, 0.2) is 21.9 Å². The third-order valence-electron chi connectivity index (χ3n) is 4.22. The van der Waals surface area contributed by atoms with Gasteiger partial charge in [0.2, 0.25) is 0 Å². The van der Waals surface area contributed by atoms with Crippen LogP contribution in [0.3, 0.4) is 0 Å². The molecule has 0 saturated heterocycles. The van der Waals surface area contributed by atoms with Gasteiger partial charge in [0.05, 0.1) is 17.2 Å². The molecule has 2 atom stereocenters. The Labute approximate surface area is 151 Å². The number of hydrogen-bond acceptors (Lipinski definition) is 4. The molecule has 1 aliphatic carbocycles. The molecule has 0 radical (unpaired) electrons. The second-order valence-electron chi connectivity index (χ2n) is 5.89. The lowest BCUT2D eigenvalue weighted by Crippen LogP contribution is -2.23. The fourth-order valence-electron chi connectivity index (χ4n) is 2.90. The molecular weight excluding hydrogens is 398 g/mol. The molecule has 4 rings (SSSR count). The summed E-state index contributed by atoms with van der Waals surface area (Å²) in [6.07, 6.45) is -3.33. The average molecular weight is 406 g/mol. The maximum atomic E-state index is 13.0. The fraction of sp³-hybridized carbons (Fsp3) is 0.286. The summed E-state index contributed by atoms with van der Waals surface area (Å²) in [6, 6.07) is 1.34. The number of fused-ring (bicyclic) bond motifs is 1. The summed E-state index contributed by atoms with van der Waals surface area (Å²) in [4.78, 5) is 31.5. The van der Waals surface area contributed by atoms with Crippen LogP contribution in [0.4, 0.5) is 13.2 Å². The monoisotopic (exact) mass is 405 g/mol. The molecule has 0 bridgehead atoms. The van der Waals surface area contributed by atoms with E-state index in [4.69, 9.17) is 23.2 Å². The van der Waals surface area contributed by atoms with Crippen LogP contribution in [0.1, 0.15) is 17.9 Å². The van der Waals surface area contributed by atoms with Crippen LogP contribution in [0, 0.1) is 5.92 Å². The lowest BCUT2D eigenvalue weighted by Gasteiger charge is -2.09. The van der Waals surface area contributed by atoms with Gasteiger partial charge in [-0.25, -0.2) is 9.78 Å². The van der Waals surface area contributed by atoms with E-state index in [1.54, 1.807) is 0 Å². The number of imidazole rings is 1. The zero-order valence-electron chi connectivity index (χ0n) is 12.6. The Morgan fingerprint density at radius 1 is 1.27 bits per heavy atom. The maximum Gasteiger partial charge on any atom is 0.392 e. The van der Waals surface area contributed by atoms with Crippen LogP contribution in [0.5, 0.6) is 0 Å². The van der Waals surface area contributed by atoms with Gasteiger partial charge in [0.15, 0.2) is 16.0 Å². The van der Waals surface area contributed by atoms with E-state index in [2.05, 4.69) is 15.1 Å². The van der Waals surface area contributed by atoms with Gasteiger partial charge in [-0.15, -0.1) is 0 Å². The summed E-state index contributed by atoms with van der Waals surface area (Å²) in [7, 11) is 0. The number of alkyl halides is 3. The van der Waals surface area contributed by atoms with Crippen molar-refractivity contribution in [2.75, 3.05) is 0 Å². The molecule has 3 heterocycles. The summed E-state index contributed by atoms with van der Waals surface area (Å²) >= 11 is 11.9. The van der Waals surface area contributed by atoms with E-state index in [1.165, 1.54) is 6.07 Å². The summed E-state index contributed by atoms with van der Waals surface area (Å²) in [6.45, 7) is 0. The van der Waals surface area contributed by atoms with Gasteiger partial charge in [0.25, 0.3) is 5.56 Å². The zero-order valence-corrected chi connectivity index (χ0v) is 14.1. The van der Waals surface area contributed by atoms with Gasteiger partial charge in [-0.1, -0.05) is 23.2 Å². The van der Waals surface area contributed by atoms with Gasteiger partial charge in [0.1, 0.15) is 0 Å². The van der Waals surface area contributed by atoms with E-state index in [0.29, 0.717) is 0 Å². The number of nitrogens with zero attached hydrogens (tertiary/aromatic N) is 3. The van der Waals surface area contributed by atoms with Gasteiger partial charge in [-0.3, -0.25) is 9.78 Å². The lowest BCUT2D eigenvalue weighted by molar-refractivity contribution is -0.148. The van der Waals surface area contributed by atoms with Crippen molar-refractivity contribution < 1.29 is 13.2 Å². The molecule has 2 unspecified atom stereocenters. The van der Waals surface area contributed by atoms with Gasteiger partial charge >= 0.3 is 11.9 Å². The van der Waals surface area contributed by atoms with Crippen molar-refractivity contribution in [3.63, 3.8) is 0 Å². The summed E-state index contributed by atoms with van der Waals surface area (Å²) in [5.74, 6) is -2.35. The van der Waals surface area contributed by atoms with Crippen LogP contribution in [-0.2, 0) is 0 Å². The van der Waals surface area contributed by atoms with E-state index < -0.39 is 29.3 Å². The molecular formula is C14H8Cl2F3N5O2. The predicted molar refractivity (Wildman–Crippen MR) is 86.6 cm³/mol. The topological polar surface area (TPSA) is 95.9 Å². The quantitative estimate of drug-likeness (QED) is 0.684. The standard InChI is InChI=1S/C14H8Cl2F3N5O2/c15-9-10(16)24-11(21-9)5(4-1-7(4)14(17,18)19)2-8(23-24)6-3-20-13(26)22-12(6)25/h2-4,7H,1H2,(H2,20,22,25,26). The molecule has 0 aliphatic heterocycles. The van der Waals surface area contributed by atoms with Crippen LogP contribution < -0.4 is 11.2 Å². The van der Waals surface area contributed by atoms with E-state index >= 15 is 0 Å². The molecule has 3 aromatic rings. The van der Waals surface area contributed by atoms with Gasteiger partial charge in [-0.2, -0.15) is 22.8 Å². The molecule has 0 aromatic carbocycles. The smallest absolute Gasteiger partial charge is 0.313 e. The van der Waals surface area contributed by atoms with E-state index in [9.17, 15) is 22.8 Å². The van der Waals surface area contributed by atoms with E-state index in [-0.39, 0.29) is 39.2 Å². The third-order valence-corrected chi connectivity index (χ3v) is 4.92. The molecule has 1 aliphatic rings. The van der Waals surface area contributed by atoms with Crippen molar-refractivity contribution in [2.24, 2.45) is 5.92 Å². The van der Waals surface area contributed by atoms with Gasteiger partial charge < -0.3 is 4.98 Å². The third kappa shape index (κ3) is 2.69. The second-order valence-corrected chi connectivity index (χ2v) is 6.61. The molecule has 0 spiro atoms. The highest BCUT2D eigenvalue weighted by molar-refractivity contribution is 6.40. The highest BCUT2D eigenvalue weighted by Crippen LogP contribution is 2.57. The first-order valence-corrected chi connectivity index (χ1v) is 8.06. The minimum atomic E-state index is -4.35. The number of nitrogens with one attached hydrogen (secondary N) is 2. The number of H-pyrrole nitrogens is 2. The van der Waals surface area contributed by atoms with E-state index in [1.807, 2.05) is 4.98 Å². The Morgan fingerprint density at radius 2 is 2.00 bits per heavy atom. The van der Waals surface area contributed by atoms with Crippen LogP contribution in [-0.4, -0.2) is 30.7 Å². The van der Waals surface area contributed by atoms with Crippen molar-refractivity contribution in [3.8, 4) is 11.3 Å². The van der Waals surface area contributed by atoms with Crippen molar-refractivity contribution in [1.82, 2.24) is 24.6 Å². The number of aromatic nitrogens is 5. The minimum Gasteiger partial charge on any atom is -0.313 e. The van der Waals surface area contributed by atoms with Crippen LogP contribution >= 0.6 is 23.2 Å². The number of rotatable bonds is 2. The maximum absolute atomic E-state index is 13.0. The molecule has 12 heteroatoms. The number of hydrogen-bond donors (Lipinski definition) is 2. The molecule has 136 valence electrons. The predicted octanol–water partition coefficient (Wildman–Crippen LogP) is 2.75. The molecule has 1 saturated carbocycles. The lowest BCUT2D eigenvalue weighted by atomic mass is 10.1. The molecule has 3 aromatic heterocycles. The largest absolute Gasteiger partial charge is 0.392 e. The van der Waals surface area contributed by atoms with Crippen molar-refractivity contribution in [3.05, 3.63) is 49.0 Å². The normalized spacial score (nSPS) is 19.9. The second kappa shape index (κ2) is 5.58. The Hall–Kier alpha value is -2.33. The first-order valence-electron chi connectivity index (χ1n) is 7.30. The van der Waals surface area contributed by atoms with Crippen molar-refractivity contribution in [2.45, 2.75) is 18.5 Å². The van der Waals surface area contributed by atoms with Crippen molar-refractivity contribution >= 4 is 28.8 Å². The highest BCUT2D eigenvalue weighted by atomic mass is 35.5. The Morgan fingerprint density at radius 3 is 2.62 bits per heavy atom. The number of halogens is 5.